The van der Waals surface area contributed by atoms with Crippen LogP contribution in [0.3, 0.4) is 0 Å². The number of benzene rings is 1. The van der Waals surface area contributed by atoms with E-state index in [2.05, 4.69) is 10.1 Å². The second-order valence-corrected chi connectivity index (χ2v) is 5.92. The third kappa shape index (κ3) is 3.37. The standard InChI is InChI=1S/C17H21N3O4/c1-2-6-22-14(3-1)10-21-11-17-18-12-19-20(17)13-4-5-15-16(9-13)24-8-7-23-15/h4-5,9,12,14H,1-3,6-8,10-11H2. The highest BCUT2D eigenvalue weighted by Gasteiger charge is 2.16. The molecule has 0 saturated carbocycles. The monoisotopic (exact) mass is 331 g/mol. The topological polar surface area (TPSA) is 67.6 Å². The summed E-state index contributed by atoms with van der Waals surface area (Å²) in [6.07, 6.45) is 5.15. The Kier molecular flexibility index (Phi) is 4.62. The van der Waals surface area contributed by atoms with Crippen LogP contribution in [-0.2, 0) is 16.1 Å². The van der Waals surface area contributed by atoms with Gasteiger partial charge in [0.05, 0.1) is 18.4 Å². The molecule has 7 heteroatoms. The molecule has 1 saturated heterocycles. The van der Waals surface area contributed by atoms with E-state index >= 15 is 0 Å². The number of hydrogen-bond donors (Lipinski definition) is 0. The minimum atomic E-state index is 0.199. The van der Waals surface area contributed by atoms with E-state index in [1.807, 2.05) is 18.2 Å². The molecule has 0 N–H and O–H groups in total. The molecule has 0 spiro atoms. The van der Waals surface area contributed by atoms with Crippen LogP contribution in [0.5, 0.6) is 11.5 Å². The van der Waals surface area contributed by atoms with Crippen LogP contribution in [0, 0.1) is 0 Å². The van der Waals surface area contributed by atoms with Gasteiger partial charge in [0, 0.05) is 12.7 Å². The van der Waals surface area contributed by atoms with Crippen LogP contribution in [0.15, 0.2) is 24.5 Å². The fraction of sp³-hybridized carbons (Fsp3) is 0.529. The van der Waals surface area contributed by atoms with E-state index < -0.39 is 0 Å². The molecule has 0 amide bonds. The molecular weight excluding hydrogens is 310 g/mol. The summed E-state index contributed by atoms with van der Waals surface area (Å²) in [5.41, 5.74) is 0.879. The number of aromatic nitrogens is 3. The van der Waals surface area contributed by atoms with Gasteiger partial charge < -0.3 is 18.9 Å². The Morgan fingerprint density at radius 2 is 2.04 bits per heavy atom. The molecule has 1 fully saturated rings. The van der Waals surface area contributed by atoms with Crippen molar-refractivity contribution in [3.8, 4) is 17.2 Å². The van der Waals surface area contributed by atoms with Crippen LogP contribution in [-0.4, -0.2) is 47.3 Å². The lowest BCUT2D eigenvalue weighted by atomic mass is 10.1. The fourth-order valence-electron chi connectivity index (χ4n) is 2.96. The van der Waals surface area contributed by atoms with E-state index in [-0.39, 0.29) is 6.10 Å². The Labute approximate surface area is 140 Å². The van der Waals surface area contributed by atoms with Crippen molar-refractivity contribution in [1.29, 1.82) is 0 Å². The van der Waals surface area contributed by atoms with Gasteiger partial charge in [0.15, 0.2) is 17.3 Å². The summed E-state index contributed by atoms with van der Waals surface area (Å²) >= 11 is 0. The lowest BCUT2D eigenvalue weighted by Crippen LogP contribution is -2.24. The smallest absolute Gasteiger partial charge is 0.163 e. The highest BCUT2D eigenvalue weighted by molar-refractivity contribution is 5.49. The predicted octanol–water partition coefficient (Wildman–Crippen LogP) is 2.12. The van der Waals surface area contributed by atoms with E-state index in [4.69, 9.17) is 18.9 Å². The largest absolute Gasteiger partial charge is 0.486 e. The van der Waals surface area contributed by atoms with Gasteiger partial charge in [-0.3, -0.25) is 0 Å². The molecule has 2 aliphatic heterocycles. The average molecular weight is 331 g/mol. The summed E-state index contributed by atoms with van der Waals surface area (Å²) in [5, 5.41) is 4.30. The van der Waals surface area contributed by atoms with Gasteiger partial charge >= 0.3 is 0 Å². The van der Waals surface area contributed by atoms with Crippen molar-refractivity contribution in [3.63, 3.8) is 0 Å². The van der Waals surface area contributed by atoms with Crippen LogP contribution >= 0.6 is 0 Å². The lowest BCUT2D eigenvalue weighted by Gasteiger charge is -2.22. The summed E-state index contributed by atoms with van der Waals surface area (Å²) in [5.74, 6) is 2.25. The normalized spacial score (nSPS) is 20.1. The highest BCUT2D eigenvalue weighted by atomic mass is 16.6. The van der Waals surface area contributed by atoms with Crippen molar-refractivity contribution in [2.75, 3.05) is 26.4 Å². The number of fused-ring (bicyclic) bond motifs is 1. The molecule has 1 atom stereocenters. The minimum Gasteiger partial charge on any atom is -0.486 e. The van der Waals surface area contributed by atoms with E-state index in [1.54, 1.807) is 4.68 Å². The maximum absolute atomic E-state index is 5.79. The molecule has 1 aromatic carbocycles. The van der Waals surface area contributed by atoms with E-state index in [0.717, 1.165) is 42.5 Å². The van der Waals surface area contributed by atoms with Gasteiger partial charge in [0.1, 0.15) is 26.1 Å². The van der Waals surface area contributed by atoms with Crippen molar-refractivity contribution >= 4 is 0 Å². The van der Waals surface area contributed by atoms with Gasteiger partial charge in [-0.25, -0.2) is 9.67 Å². The zero-order valence-electron chi connectivity index (χ0n) is 13.5. The number of nitrogens with zero attached hydrogens (tertiary/aromatic N) is 3. The predicted molar refractivity (Wildman–Crippen MR) is 85.6 cm³/mol. The van der Waals surface area contributed by atoms with Crippen LogP contribution in [0.2, 0.25) is 0 Å². The first-order chi connectivity index (χ1) is 11.9. The molecule has 2 aliphatic rings. The van der Waals surface area contributed by atoms with Crippen LogP contribution in [0.1, 0.15) is 25.1 Å². The van der Waals surface area contributed by atoms with Crippen molar-refractivity contribution in [1.82, 2.24) is 14.8 Å². The summed E-state index contributed by atoms with van der Waals surface area (Å²) in [7, 11) is 0. The maximum Gasteiger partial charge on any atom is 0.163 e. The number of ether oxygens (including phenoxy) is 4. The molecule has 2 aromatic rings. The molecule has 1 aromatic heterocycles. The summed E-state index contributed by atoms with van der Waals surface area (Å²) in [6, 6.07) is 5.75. The van der Waals surface area contributed by atoms with Crippen molar-refractivity contribution < 1.29 is 18.9 Å². The van der Waals surface area contributed by atoms with Crippen LogP contribution < -0.4 is 9.47 Å². The van der Waals surface area contributed by atoms with Crippen LogP contribution in [0.25, 0.3) is 5.69 Å². The van der Waals surface area contributed by atoms with Crippen molar-refractivity contribution in [3.05, 3.63) is 30.4 Å². The van der Waals surface area contributed by atoms with Gasteiger partial charge in [-0.15, -0.1) is 0 Å². The Morgan fingerprint density at radius 3 is 2.92 bits per heavy atom. The Hall–Kier alpha value is -2.12. The highest BCUT2D eigenvalue weighted by Crippen LogP contribution is 2.32. The third-order valence-electron chi connectivity index (χ3n) is 4.20. The van der Waals surface area contributed by atoms with Gasteiger partial charge in [-0.2, -0.15) is 5.10 Å². The molecule has 7 nitrogen and oxygen atoms in total. The third-order valence-corrected chi connectivity index (χ3v) is 4.20. The Balaban J connectivity index is 1.42. The van der Waals surface area contributed by atoms with Gasteiger partial charge in [-0.1, -0.05) is 0 Å². The lowest BCUT2D eigenvalue weighted by molar-refractivity contribution is -0.0460. The fourth-order valence-corrected chi connectivity index (χ4v) is 2.96. The maximum atomic E-state index is 5.79. The molecular formula is C17H21N3O4. The zero-order chi connectivity index (χ0) is 16.2. The van der Waals surface area contributed by atoms with Crippen molar-refractivity contribution in [2.24, 2.45) is 0 Å². The molecule has 3 heterocycles. The molecule has 4 rings (SSSR count). The van der Waals surface area contributed by atoms with Crippen molar-refractivity contribution in [2.45, 2.75) is 32.0 Å². The first-order valence-corrected chi connectivity index (χ1v) is 8.38. The quantitative estimate of drug-likeness (QED) is 0.836. The van der Waals surface area contributed by atoms with Gasteiger partial charge in [0.2, 0.25) is 0 Å². The number of hydrogen-bond acceptors (Lipinski definition) is 6. The Morgan fingerprint density at radius 1 is 1.12 bits per heavy atom. The molecule has 24 heavy (non-hydrogen) atoms. The van der Waals surface area contributed by atoms with Crippen LogP contribution in [0.4, 0.5) is 0 Å². The van der Waals surface area contributed by atoms with Gasteiger partial charge in [-0.05, 0) is 31.4 Å². The second-order valence-electron chi connectivity index (χ2n) is 5.92. The average Bonchev–Trinajstić information content (AvgIpc) is 3.11. The summed E-state index contributed by atoms with van der Waals surface area (Å²) in [4.78, 5) is 4.30. The number of rotatable bonds is 5. The molecule has 0 bridgehead atoms. The minimum absolute atomic E-state index is 0.199. The summed E-state index contributed by atoms with van der Waals surface area (Å²) in [6.45, 7) is 2.97. The molecule has 0 aliphatic carbocycles. The zero-order valence-corrected chi connectivity index (χ0v) is 13.5. The first kappa shape index (κ1) is 15.4. The molecule has 1 unspecified atom stereocenters. The Bertz CT molecular complexity index is 682. The second kappa shape index (κ2) is 7.19. The molecule has 0 radical (unpaired) electrons. The van der Waals surface area contributed by atoms with E-state index in [9.17, 15) is 0 Å². The van der Waals surface area contributed by atoms with E-state index in [1.165, 1.54) is 12.7 Å². The van der Waals surface area contributed by atoms with E-state index in [0.29, 0.717) is 26.4 Å². The SMILES string of the molecule is c1nc(COCC2CCCCO2)n(-c2ccc3c(c2)OCCO3)n1. The molecule has 128 valence electrons. The first-order valence-electron chi connectivity index (χ1n) is 8.38. The van der Waals surface area contributed by atoms with Gasteiger partial charge in [0.25, 0.3) is 0 Å². The summed E-state index contributed by atoms with van der Waals surface area (Å²) < 4.78 is 24.4.